The van der Waals surface area contributed by atoms with E-state index in [1.165, 1.54) is 24.4 Å². The Labute approximate surface area is 182 Å². The van der Waals surface area contributed by atoms with Gasteiger partial charge in [0.05, 0.1) is 27.5 Å². The summed E-state index contributed by atoms with van der Waals surface area (Å²) in [5.74, 6) is -2.67. The van der Waals surface area contributed by atoms with E-state index in [4.69, 9.17) is 22.1 Å². The number of nitrogens with one attached hydrogen (secondary N) is 2. The van der Waals surface area contributed by atoms with Gasteiger partial charge in [0.25, 0.3) is 5.91 Å². The third-order valence-electron chi connectivity index (χ3n) is 4.40. The second-order valence-corrected chi connectivity index (χ2v) is 6.84. The van der Waals surface area contributed by atoms with Crippen molar-refractivity contribution in [2.45, 2.75) is 6.92 Å². The number of allylic oxidation sites excluding steroid dienone is 1. The molecule has 0 aliphatic carbocycles. The number of halogens is 2. The van der Waals surface area contributed by atoms with E-state index in [1.54, 1.807) is 36.4 Å². The summed E-state index contributed by atoms with van der Waals surface area (Å²) in [5, 5.41) is 20.3. The molecule has 0 aliphatic heterocycles. The third-order valence-corrected chi connectivity index (χ3v) is 4.71. The van der Waals surface area contributed by atoms with Crippen LogP contribution < -0.4 is 5.32 Å². The fourth-order valence-corrected chi connectivity index (χ4v) is 3.24. The van der Waals surface area contributed by atoms with Gasteiger partial charge in [0.15, 0.2) is 0 Å². The number of hydrogen-bond acceptors (Lipinski definition) is 4. The molecular formula is C23H17ClFN3O3. The van der Waals surface area contributed by atoms with Crippen LogP contribution in [-0.2, 0) is 0 Å². The molecule has 3 aromatic rings. The van der Waals surface area contributed by atoms with E-state index in [-0.39, 0.29) is 38.8 Å². The Morgan fingerprint density at radius 1 is 1.19 bits per heavy atom. The van der Waals surface area contributed by atoms with Crippen LogP contribution in [0.5, 0.6) is 0 Å². The molecule has 0 unspecified atom stereocenters. The average Bonchev–Trinajstić information content (AvgIpc) is 2.73. The summed E-state index contributed by atoms with van der Waals surface area (Å²) in [6, 6.07) is 11.4. The van der Waals surface area contributed by atoms with Crippen molar-refractivity contribution in [3.05, 3.63) is 99.6 Å². The van der Waals surface area contributed by atoms with E-state index in [1.807, 2.05) is 6.92 Å². The summed E-state index contributed by atoms with van der Waals surface area (Å²) in [4.78, 5) is 28.1. The molecule has 2 aromatic carbocycles. The van der Waals surface area contributed by atoms with Crippen molar-refractivity contribution in [3.8, 4) is 0 Å². The maximum absolute atomic E-state index is 14.5. The smallest absolute Gasteiger partial charge is 0.335 e. The SMILES string of the molecule is C/C=C/c1cccc(Cl)c1C(=O)Nc1cccnc1C(=N)c1ccc(C(=O)O)cc1F. The first-order valence-electron chi connectivity index (χ1n) is 9.13. The number of carbonyl (C=O) groups excluding carboxylic acids is 1. The topological polar surface area (TPSA) is 103 Å². The number of anilines is 1. The minimum atomic E-state index is -1.28. The Morgan fingerprint density at radius 3 is 2.65 bits per heavy atom. The minimum absolute atomic E-state index is 0.0254. The number of carbonyl (C=O) groups is 2. The Balaban J connectivity index is 1.98. The van der Waals surface area contributed by atoms with Crippen molar-refractivity contribution in [2.24, 2.45) is 0 Å². The fourth-order valence-electron chi connectivity index (χ4n) is 2.97. The first kappa shape index (κ1) is 21.9. The Hall–Kier alpha value is -3.84. The highest BCUT2D eigenvalue weighted by atomic mass is 35.5. The lowest BCUT2D eigenvalue weighted by Gasteiger charge is -2.14. The molecule has 1 aromatic heterocycles. The lowest BCUT2D eigenvalue weighted by Crippen LogP contribution is -2.18. The van der Waals surface area contributed by atoms with Gasteiger partial charge in [-0.15, -0.1) is 0 Å². The van der Waals surface area contributed by atoms with E-state index < -0.39 is 17.7 Å². The number of aromatic carboxylic acids is 1. The molecule has 3 N–H and O–H groups in total. The molecule has 0 spiro atoms. The van der Waals surface area contributed by atoms with Crippen molar-refractivity contribution in [2.75, 3.05) is 5.32 Å². The highest BCUT2D eigenvalue weighted by Crippen LogP contribution is 2.25. The van der Waals surface area contributed by atoms with Crippen molar-refractivity contribution >= 4 is 41.0 Å². The molecule has 3 rings (SSSR count). The van der Waals surface area contributed by atoms with Crippen LogP contribution in [0.4, 0.5) is 10.1 Å². The third kappa shape index (κ3) is 4.67. The van der Waals surface area contributed by atoms with Gasteiger partial charge < -0.3 is 10.4 Å². The monoisotopic (exact) mass is 437 g/mol. The van der Waals surface area contributed by atoms with Gasteiger partial charge in [-0.2, -0.15) is 0 Å². The molecule has 0 atom stereocenters. The Kier molecular flexibility index (Phi) is 6.57. The molecule has 1 amide bonds. The molecule has 156 valence electrons. The lowest BCUT2D eigenvalue weighted by atomic mass is 10.0. The lowest BCUT2D eigenvalue weighted by molar-refractivity contribution is 0.0696. The van der Waals surface area contributed by atoms with Crippen LogP contribution in [-0.4, -0.2) is 27.7 Å². The maximum Gasteiger partial charge on any atom is 0.335 e. The number of hydrogen-bond donors (Lipinski definition) is 3. The van der Waals surface area contributed by atoms with E-state index in [0.29, 0.717) is 5.56 Å². The number of amides is 1. The summed E-state index contributed by atoms with van der Waals surface area (Å²) in [6.07, 6.45) is 4.92. The predicted molar refractivity (Wildman–Crippen MR) is 118 cm³/mol. The zero-order valence-corrected chi connectivity index (χ0v) is 17.1. The summed E-state index contributed by atoms with van der Waals surface area (Å²) in [5.41, 5.74) is 0.385. The molecule has 0 bridgehead atoms. The summed E-state index contributed by atoms with van der Waals surface area (Å²) < 4.78 is 14.5. The van der Waals surface area contributed by atoms with Crippen molar-refractivity contribution < 1.29 is 19.1 Å². The van der Waals surface area contributed by atoms with Gasteiger partial charge in [0.1, 0.15) is 11.5 Å². The first-order valence-corrected chi connectivity index (χ1v) is 9.51. The van der Waals surface area contributed by atoms with Gasteiger partial charge in [0.2, 0.25) is 0 Å². The van der Waals surface area contributed by atoms with Crippen LogP contribution in [0.25, 0.3) is 6.08 Å². The highest BCUT2D eigenvalue weighted by molar-refractivity contribution is 6.35. The van der Waals surface area contributed by atoms with Crippen molar-refractivity contribution in [3.63, 3.8) is 0 Å². The van der Waals surface area contributed by atoms with Crippen LogP contribution >= 0.6 is 11.6 Å². The number of carboxylic acids is 1. The summed E-state index contributed by atoms with van der Waals surface area (Å²) in [7, 11) is 0. The van der Waals surface area contributed by atoms with Gasteiger partial charge in [-0.05, 0) is 48.9 Å². The van der Waals surface area contributed by atoms with Gasteiger partial charge >= 0.3 is 5.97 Å². The molecule has 0 aliphatic rings. The van der Waals surface area contributed by atoms with Gasteiger partial charge in [-0.3, -0.25) is 15.2 Å². The zero-order chi connectivity index (χ0) is 22.5. The molecule has 6 nitrogen and oxygen atoms in total. The summed E-state index contributed by atoms with van der Waals surface area (Å²) in [6.45, 7) is 1.81. The van der Waals surface area contributed by atoms with E-state index in [2.05, 4.69) is 10.3 Å². The van der Waals surface area contributed by atoms with E-state index >= 15 is 0 Å². The largest absolute Gasteiger partial charge is 0.478 e. The quantitative estimate of drug-likeness (QED) is 0.457. The number of rotatable bonds is 6. The Morgan fingerprint density at radius 2 is 1.97 bits per heavy atom. The van der Waals surface area contributed by atoms with E-state index in [9.17, 15) is 14.0 Å². The first-order chi connectivity index (χ1) is 14.8. The molecule has 8 heteroatoms. The molecule has 31 heavy (non-hydrogen) atoms. The van der Waals surface area contributed by atoms with Crippen LogP contribution in [0, 0.1) is 11.2 Å². The normalized spacial score (nSPS) is 10.8. The standard InChI is InChI=1S/C23H17ClFN3O3/c1-2-5-13-6-3-7-16(24)19(13)22(29)28-18-8-4-11-27-21(18)20(26)15-10-9-14(23(30)31)12-17(15)25/h2-12,26H,1H3,(H,28,29)(H,30,31)/b5-2+,26-20?. The molecule has 0 radical (unpaired) electrons. The maximum atomic E-state index is 14.5. The van der Waals surface area contributed by atoms with Crippen LogP contribution in [0.15, 0.2) is 60.8 Å². The van der Waals surface area contributed by atoms with Gasteiger partial charge in [0, 0.05) is 11.8 Å². The van der Waals surface area contributed by atoms with Gasteiger partial charge in [-0.1, -0.05) is 35.9 Å². The number of benzene rings is 2. The van der Waals surface area contributed by atoms with Crippen LogP contribution in [0.1, 0.15) is 44.5 Å². The van der Waals surface area contributed by atoms with Crippen molar-refractivity contribution in [1.29, 1.82) is 5.41 Å². The predicted octanol–water partition coefficient (Wildman–Crippen LogP) is 5.27. The molecule has 1 heterocycles. The fraction of sp³-hybridized carbons (Fsp3) is 0.0435. The van der Waals surface area contributed by atoms with Crippen molar-refractivity contribution in [1.82, 2.24) is 4.98 Å². The van der Waals surface area contributed by atoms with Crippen LogP contribution in [0.2, 0.25) is 5.02 Å². The number of carboxylic acid groups (broad SMARTS) is 1. The van der Waals surface area contributed by atoms with E-state index in [0.717, 1.165) is 6.07 Å². The average molecular weight is 438 g/mol. The second kappa shape index (κ2) is 9.32. The second-order valence-electron chi connectivity index (χ2n) is 6.43. The highest BCUT2D eigenvalue weighted by Gasteiger charge is 2.20. The summed E-state index contributed by atoms with van der Waals surface area (Å²) >= 11 is 6.24. The minimum Gasteiger partial charge on any atom is -0.478 e. The number of aromatic nitrogens is 1. The Bertz CT molecular complexity index is 1220. The molecule has 0 fully saturated rings. The van der Waals surface area contributed by atoms with Gasteiger partial charge in [-0.25, -0.2) is 9.18 Å². The number of nitrogens with zero attached hydrogens (tertiary/aromatic N) is 1. The number of pyridine rings is 1. The molecular weight excluding hydrogens is 421 g/mol. The molecule has 0 saturated heterocycles. The molecule has 0 saturated carbocycles. The van der Waals surface area contributed by atoms with Crippen LogP contribution in [0.3, 0.4) is 0 Å². The zero-order valence-electron chi connectivity index (χ0n) is 16.3.